The van der Waals surface area contributed by atoms with E-state index in [1.807, 2.05) is 0 Å². The molecule has 334 valence electrons. The predicted molar refractivity (Wildman–Crippen MR) is 210 cm³/mol. The van der Waals surface area contributed by atoms with E-state index in [1.54, 1.807) is 0 Å². The summed E-state index contributed by atoms with van der Waals surface area (Å²) in [6.07, 6.45) is -8.68. The van der Waals surface area contributed by atoms with Crippen molar-refractivity contribution in [3.8, 4) is 23.0 Å². The first-order chi connectivity index (χ1) is 29.2. The van der Waals surface area contributed by atoms with Gasteiger partial charge in [0.25, 0.3) is 5.92 Å². The summed E-state index contributed by atoms with van der Waals surface area (Å²) in [6.45, 7) is 1.40. The van der Waals surface area contributed by atoms with Gasteiger partial charge in [0.05, 0.1) is 28.0 Å². The smallest absolute Gasteiger partial charge is 0.346 e. The predicted octanol–water partition coefficient (Wildman–Crippen LogP) is 9.09. The number of sulfone groups is 1. The SMILES string of the molecule is Cc1nn(CC(F)(F)F)c2c(-c3c([C@H](Cc4cc(F)cc(F)c4)NC(=O)Cn4nc(C(F)(F)F)c5c4C(F)(F)[C@@H]4C[C@H]54)nc(C#CC(C)(C)S(C)(=O)=O)c4c3CCC4)ccc(Cl)c12. The number of pyridine rings is 1. The number of nitrogens with zero attached hydrogens (tertiary/aromatic N) is 5. The Balaban J connectivity index is 1.36. The van der Waals surface area contributed by atoms with Gasteiger partial charge in [-0.2, -0.15) is 45.3 Å². The number of carbonyl (C=O) groups excluding carboxylic acids is 1. The van der Waals surface area contributed by atoms with Crippen molar-refractivity contribution in [2.75, 3.05) is 6.26 Å². The molecule has 0 saturated heterocycles. The molecular weight excluding hydrogens is 894 g/mol. The van der Waals surface area contributed by atoms with Gasteiger partial charge in [-0.25, -0.2) is 22.2 Å². The molecule has 21 heteroatoms. The number of amides is 1. The van der Waals surface area contributed by atoms with Crippen LogP contribution in [-0.2, 0) is 59.1 Å². The molecule has 8 rings (SSSR count). The van der Waals surface area contributed by atoms with Gasteiger partial charge in [-0.3, -0.25) is 14.2 Å². The molecule has 2 aromatic carbocycles. The largest absolute Gasteiger partial charge is 0.435 e. The maximum absolute atomic E-state index is 15.5. The number of alkyl halides is 8. The van der Waals surface area contributed by atoms with Crippen LogP contribution in [0.3, 0.4) is 0 Å². The highest BCUT2D eigenvalue weighted by atomic mass is 35.5. The van der Waals surface area contributed by atoms with E-state index < -0.39 is 105 Å². The van der Waals surface area contributed by atoms with Crippen molar-refractivity contribution in [2.24, 2.45) is 5.92 Å². The van der Waals surface area contributed by atoms with E-state index in [2.05, 4.69) is 27.4 Å². The van der Waals surface area contributed by atoms with Gasteiger partial charge >= 0.3 is 12.4 Å². The fraction of sp³-hybridized carbons (Fsp3) is 0.429. The van der Waals surface area contributed by atoms with Crippen molar-refractivity contribution in [3.05, 3.63) is 97.7 Å². The van der Waals surface area contributed by atoms with Gasteiger partial charge in [-0.15, -0.1) is 0 Å². The highest BCUT2D eigenvalue weighted by molar-refractivity contribution is 7.92. The summed E-state index contributed by atoms with van der Waals surface area (Å²) in [5, 5.41) is 10.3. The van der Waals surface area contributed by atoms with Crippen molar-refractivity contribution < 1.29 is 57.1 Å². The minimum absolute atomic E-state index is 0.00594. The second-order valence-electron chi connectivity index (χ2n) is 16.7. The summed E-state index contributed by atoms with van der Waals surface area (Å²) in [5.74, 6) is -3.99. The Hall–Kier alpha value is -5.16. The molecule has 0 radical (unpaired) electrons. The highest BCUT2D eigenvalue weighted by Gasteiger charge is 2.68. The minimum atomic E-state index is -5.14. The molecular formula is C42H35ClF10N6O3S. The summed E-state index contributed by atoms with van der Waals surface area (Å²) in [5.41, 5.74) is -2.37. The van der Waals surface area contributed by atoms with Gasteiger partial charge in [0.15, 0.2) is 15.5 Å². The van der Waals surface area contributed by atoms with Crippen LogP contribution in [0.5, 0.6) is 0 Å². The number of aryl methyl sites for hydroxylation is 1. The number of aromatic nitrogens is 5. The van der Waals surface area contributed by atoms with Crippen LogP contribution in [0.15, 0.2) is 30.3 Å². The fourth-order valence-corrected chi connectivity index (χ4v) is 9.26. The topological polar surface area (TPSA) is 112 Å². The summed E-state index contributed by atoms with van der Waals surface area (Å²) in [4.78, 5) is 19.0. The van der Waals surface area contributed by atoms with Crippen LogP contribution in [-0.4, -0.2) is 56.0 Å². The summed E-state index contributed by atoms with van der Waals surface area (Å²) >= 11 is 6.58. The van der Waals surface area contributed by atoms with Gasteiger partial charge in [0.2, 0.25) is 5.91 Å². The highest BCUT2D eigenvalue weighted by Crippen LogP contribution is 2.68. The Morgan fingerprint density at radius 3 is 2.32 bits per heavy atom. The number of benzene rings is 2. The maximum Gasteiger partial charge on any atom is 0.435 e. The van der Waals surface area contributed by atoms with E-state index in [-0.39, 0.29) is 62.5 Å². The molecule has 3 aromatic heterocycles. The molecule has 1 fully saturated rings. The van der Waals surface area contributed by atoms with Crippen LogP contribution in [0.25, 0.3) is 22.0 Å². The minimum Gasteiger partial charge on any atom is -0.346 e. The average Bonchev–Trinajstić information content (AvgIpc) is 3.36. The average molecular weight is 929 g/mol. The van der Waals surface area contributed by atoms with E-state index in [1.165, 1.54) is 32.9 Å². The Labute approximate surface area is 358 Å². The fourth-order valence-electron chi connectivity index (χ4n) is 8.73. The second kappa shape index (κ2) is 15.0. The summed E-state index contributed by atoms with van der Waals surface area (Å²) in [7, 11) is -3.80. The van der Waals surface area contributed by atoms with Crippen molar-refractivity contribution in [1.82, 2.24) is 29.9 Å². The number of halogens is 11. The summed E-state index contributed by atoms with van der Waals surface area (Å²) in [6, 6.07) is 3.69. The van der Waals surface area contributed by atoms with Gasteiger partial charge in [0, 0.05) is 40.3 Å². The Kier molecular flexibility index (Phi) is 10.6. The molecule has 3 aliphatic rings. The number of hydrogen-bond acceptors (Lipinski definition) is 6. The first-order valence-electron chi connectivity index (χ1n) is 19.5. The maximum atomic E-state index is 15.5. The van der Waals surface area contributed by atoms with Gasteiger partial charge in [-0.05, 0) is 99.6 Å². The van der Waals surface area contributed by atoms with Gasteiger partial charge in [-0.1, -0.05) is 23.6 Å². The number of rotatable bonds is 9. The molecule has 1 N–H and O–H groups in total. The molecule has 0 spiro atoms. The second-order valence-corrected chi connectivity index (χ2v) is 19.7. The number of carbonyl (C=O) groups is 1. The lowest BCUT2D eigenvalue weighted by Gasteiger charge is -2.25. The molecule has 3 atom stereocenters. The molecule has 5 aromatic rings. The van der Waals surface area contributed by atoms with E-state index in [0.717, 1.165) is 18.4 Å². The number of hydrogen-bond donors (Lipinski definition) is 1. The monoisotopic (exact) mass is 928 g/mol. The van der Waals surface area contributed by atoms with Crippen molar-refractivity contribution in [1.29, 1.82) is 0 Å². The lowest BCUT2D eigenvalue weighted by Crippen LogP contribution is -2.35. The Morgan fingerprint density at radius 1 is 1.02 bits per heavy atom. The standard InChI is InChI=1S/C42H35ClF10N6O3S/c1-19-32-28(43)9-8-25(36(32)59(56-19)18-40(46,47)48)33-24-7-5-6-23(24)29(10-11-39(2,3)63(4,61)62)55-35(33)30(14-20-12-21(44)15-22(45)13-20)54-31(60)17-58-38-34(37(57-58)42(51,52)53)26-16-27(26)41(38,49)50/h8-9,12-13,15,26-27,30H,5-7,14,16-18H2,1-4H3,(H,54,60)/t26-,27+,30-/m0/s1. The molecule has 3 heterocycles. The van der Waals surface area contributed by atoms with Crippen LogP contribution < -0.4 is 5.32 Å². The van der Waals surface area contributed by atoms with E-state index in [9.17, 15) is 48.3 Å². The zero-order valence-electron chi connectivity index (χ0n) is 33.6. The van der Waals surface area contributed by atoms with Crippen LogP contribution >= 0.6 is 11.6 Å². The normalized spacial score (nSPS) is 18.5. The summed E-state index contributed by atoms with van der Waals surface area (Å²) < 4.78 is 170. The zero-order chi connectivity index (χ0) is 45.9. The number of fused-ring (bicyclic) bond motifs is 5. The zero-order valence-corrected chi connectivity index (χ0v) is 35.2. The van der Waals surface area contributed by atoms with Gasteiger partial charge < -0.3 is 5.32 Å². The van der Waals surface area contributed by atoms with Crippen LogP contribution in [0.2, 0.25) is 5.02 Å². The lowest BCUT2D eigenvalue weighted by atomic mass is 9.88. The van der Waals surface area contributed by atoms with E-state index >= 15 is 8.78 Å². The molecule has 0 bridgehead atoms. The van der Waals surface area contributed by atoms with Gasteiger partial charge in [0.1, 0.15) is 40.9 Å². The third kappa shape index (κ3) is 8.04. The lowest BCUT2D eigenvalue weighted by molar-refractivity contribution is -0.143. The molecule has 9 nitrogen and oxygen atoms in total. The quantitative estimate of drug-likeness (QED) is 0.117. The van der Waals surface area contributed by atoms with Crippen molar-refractivity contribution in [3.63, 3.8) is 0 Å². The van der Waals surface area contributed by atoms with Crippen LogP contribution in [0.1, 0.15) is 89.4 Å². The molecule has 3 aliphatic carbocycles. The van der Waals surface area contributed by atoms with E-state index in [4.69, 9.17) is 16.6 Å². The molecule has 1 amide bonds. The molecule has 1 saturated carbocycles. The molecule has 63 heavy (non-hydrogen) atoms. The van der Waals surface area contributed by atoms with Crippen LogP contribution in [0.4, 0.5) is 43.9 Å². The van der Waals surface area contributed by atoms with E-state index in [0.29, 0.717) is 39.4 Å². The molecule has 0 unspecified atom stereocenters. The van der Waals surface area contributed by atoms with Crippen molar-refractivity contribution >= 4 is 38.2 Å². The Bertz CT molecular complexity index is 2910. The first kappa shape index (κ1) is 44.4. The first-order valence-corrected chi connectivity index (χ1v) is 21.7. The number of nitrogens with one attached hydrogen (secondary N) is 1. The van der Waals surface area contributed by atoms with Crippen LogP contribution in [0, 0.1) is 36.3 Å². The van der Waals surface area contributed by atoms with Crippen molar-refractivity contribution in [2.45, 2.75) is 101 Å². The third-order valence-electron chi connectivity index (χ3n) is 11.8. The molecule has 0 aliphatic heterocycles. The Morgan fingerprint density at radius 2 is 1.68 bits per heavy atom. The third-order valence-corrected chi connectivity index (χ3v) is 14.1.